The minimum atomic E-state index is 0.528. The molecule has 0 saturated carbocycles. The van der Waals surface area contributed by atoms with Crippen molar-refractivity contribution in [1.29, 1.82) is 0 Å². The lowest BCUT2D eigenvalue weighted by molar-refractivity contribution is 0.278. The van der Waals surface area contributed by atoms with Gasteiger partial charge in [-0.05, 0) is 19.4 Å². The maximum absolute atomic E-state index is 5.82. The molecule has 0 aliphatic carbocycles. The Bertz CT molecular complexity index is 586. The van der Waals surface area contributed by atoms with Gasteiger partial charge in [-0.3, -0.25) is 0 Å². The molecule has 0 fully saturated rings. The van der Waals surface area contributed by atoms with E-state index >= 15 is 0 Å². The van der Waals surface area contributed by atoms with Gasteiger partial charge in [-0.15, -0.1) is 11.7 Å². The number of hydrogen-bond acceptors (Lipinski definition) is 3. The molecule has 0 spiro atoms. The van der Waals surface area contributed by atoms with E-state index in [1.165, 1.54) is 0 Å². The number of aromatic nitrogens is 3. The topological polar surface area (TPSA) is 39.9 Å². The first-order chi connectivity index (χ1) is 8.31. The summed E-state index contributed by atoms with van der Waals surface area (Å²) >= 11 is 0. The third-order valence-electron chi connectivity index (χ3n) is 2.98. The number of aryl methyl sites for hydroxylation is 1. The van der Waals surface area contributed by atoms with E-state index in [1.54, 1.807) is 0 Å². The highest BCUT2D eigenvalue weighted by atomic mass is 16.5. The van der Waals surface area contributed by atoms with E-state index in [4.69, 9.17) is 4.74 Å². The van der Waals surface area contributed by atoms with Gasteiger partial charge in [0.25, 0.3) is 0 Å². The summed E-state index contributed by atoms with van der Waals surface area (Å²) in [7, 11) is 0. The predicted octanol–water partition coefficient (Wildman–Crippen LogP) is 2.20. The first-order valence-corrected chi connectivity index (χ1v) is 5.58. The fourth-order valence-corrected chi connectivity index (χ4v) is 2.10. The van der Waals surface area contributed by atoms with E-state index in [-0.39, 0.29) is 0 Å². The van der Waals surface area contributed by atoms with Crippen LogP contribution in [0.2, 0.25) is 0 Å². The van der Waals surface area contributed by atoms with Crippen LogP contribution in [0.25, 0.3) is 5.69 Å². The van der Waals surface area contributed by atoms with Crippen LogP contribution in [-0.2, 0) is 13.0 Å². The molecule has 1 aliphatic heterocycles. The van der Waals surface area contributed by atoms with Gasteiger partial charge in [0.2, 0.25) is 0 Å². The van der Waals surface area contributed by atoms with Crippen molar-refractivity contribution in [2.24, 2.45) is 0 Å². The molecule has 0 amide bonds. The third-order valence-corrected chi connectivity index (χ3v) is 2.98. The Morgan fingerprint density at radius 1 is 1.53 bits per heavy atom. The fourth-order valence-electron chi connectivity index (χ4n) is 2.10. The second kappa shape index (κ2) is 3.73. The smallest absolute Gasteiger partial charge is 0.149 e. The standard InChI is InChI=1S/C13H13N3O/c1-3-5-10-6-4-7-11-13(10)17-8-12-9(2)14-15-16(11)12/h3-4,6-7H,1,5,8H2,2H3. The van der Waals surface area contributed by atoms with Gasteiger partial charge < -0.3 is 4.74 Å². The minimum Gasteiger partial charge on any atom is -0.485 e. The molecule has 17 heavy (non-hydrogen) atoms. The van der Waals surface area contributed by atoms with Crippen molar-refractivity contribution >= 4 is 0 Å². The molecular weight excluding hydrogens is 214 g/mol. The van der Waals surface area contributed by atoms with Crippen LogP contribution in [0.1, 0.15) is 17.0 Å². The molecule has 1 aliphatic rings. The number of nitrogens with zero attached hydrogens (tertiary/aromatic N) is 3. The van der Waals surface area contributed by atoms with Crippen molar-refractivity contribution < 1.29 is 4.74 Å². The van der Waals surface area contributed by atoms with Crippen molar-refractivity contribution in [3.8, 4) is 11.4 Å². The Labute approximate surface area is 99.5 Å². The maximum atomic E-state index is 5.82. The zero-order chi connectivity index (χ0) is 11.8. The number of hydrogen-bond donors (Lipinski definition) is 0. The van der Waals surface area contributed by atoms with Crippen LogP contribution in [-0.4, -0.2) is 15.0 Å². The van der Waals surface area contributed by atoms with Crippen LogP contribution in [0.15, 0.2) is 30.9 Å². The molecule has 3 rings (SSSR count). The Morgan fingerprint density at radius 2 is 2.41 bits per heavy atom. The number of benzene rings is 1. The molecular formula is C13H13N3O. The Balaban J connectivity index is 2.20. The van der Waals surface area contributed by atoms with Gasteiger partial charge in [0.05, 0.1) is 5.69 Å². The maximum Gasteiger partial charge on any atom is 0.149 e. The van der Waals surface area contributed by atoms with E-state index in [1.807, 2.05) is 29.8 Å². The van der Waals surface area contributed by atoms with Crippen molar-refractivity contribution in [2.45, 2.75) is 20.0 Å². The molecule has 0 N–H and O–H groups in total. The average Bonchev–Trinajstić information content (AvgIpc) is 2.72. The molecule has 2 heterocycles. The van der Waals surface area contributed by atoms with Gasteiger partial charge in [0.15, 0.2) is 0 Å². The summed E-state index contributed by atoms with van der Waals surface area (Å²) in [6.45, 7) is 6.24. The molecule has 0 unspecified atom stereocenters. The lowest BCUT2D eigenvalue weighted by atomic mass is 10.1. The van der Waals surface area contributed by atoms with E-state index in [0.29, 0.717) is 6.61 Å². The van der Waals surface area contributed by atoms with Crippen molar-refractivity contribution in [1.82, 2.24) is 15.0 Å². The van der Waals surface area contributed by atoms with Crippen LogP contribution in [0.4, 0.5) is 0 Å². The second-order valence-corrected chi connectivity index (χ2v) is 4.08. The van der Waals surface area contributed by atoms with Crippen LogP contribution < -0.4 is 4.74 Å². The Hall–Kier alpha value is -2.10. The van der Waals surface area contributed by atoms with E-state index < -0.39 is 0 Å². The summed E-state index contributed by atoms with van der Waals surface area (Å²) in [6.07, 6.45) is 2.67. The van der Waals surface area contributed by atoms with Gasteiger partial charge in [-0.2, -0.15) is 0 Å². The van der Waals surface area contributed by atoms with Crippen molar-refractivity contribution in [3.05, 3.63) is 47.8 Å². The largest absolute Gasteiger partial charge is 0.485 e. The summed E-state index contributed by atoms with van der Waals surface area (Å²) in [6, 6.07) is 6.06. The molecule has 4 nitrogen and oxygen atoms in total. The molecule has 0 atom stereocenters. The minimum absolute atomic E-state index is 0.528. The van der Waals surface area contributed by atoms with E-state index in [9.17, 15) is 0 Å². The molecule has 4 heteroatoms. The summed E-state index contributed by atoms with van der Waals surface area (Å²) in [5.41, 5.74) is 4.04. The first kappa shape index (κ1) is 10.1. The summed E-state index contributed by atoms with van der Waals surface area (Å²) in [4.78, 5) is 0. The Morgan fingerprint density at radius 3 is 3.24 bits per heavy atom. The van der Waals surface area contributed by atoms with Crippen LogP contribution in [0.5, 0.6) is 5.75 Å². The Kier molecular flexibility index (Phi) is 2.21. The number of fused-ring (bicyclic) bond motifs is 3. The number of para-hydroxylation sites is 1. The third kappa shape index (κ3) is 1.45. The van der Waals surface area contributed by atoms with Gasteiger partial charge in [0.1, 0.15) is 23.7 Å². The zero-order valence-electron chi connectivity index (χ0n) is 9.68. The second-order valence-electron chi connectivity index (χ2n) is 4.08. The van der Waals surface area contributed by atoms with Crippen LogP contribution in [0, 0.1) is 6.92 Å². The van der Waals surface area contributed by atoms with Gasteiger partial charge >= 0.3 is 0 Å². The van der Waals surface area contributed by atoms with Crippen molar-refractivity contribution in [3.63, 3.8) is 0 Å². The fraction of sp³-hybridized carbons (Fsp3) is 0.231. The molecule has 86 valence electrons. The highest BCUT2D eigenvalue weighted by Gasteiger charge is 2.22. The monoisotopic (exact) mass is 227 g/mol. The van der Waals surface area contributed by atoms with Crippen LogP contribution >= 0.6 is 0 Å². The van der Waals surface area contributed by atoms with Gasteiger partial charge in [-0.1, -0.05) is 23.4 Å². The number of rotatable bonds is 2. The molecule has 1 aromatic carbocycles. The molecule has 1 aromatic heterocycles. The summed E-state index contributed by atoms with van der Waals surface area (Å²) < 4.78 is 7.69. The SMILES string of the molecule is C=CCc1cccc2c1OCc1c(C)nnn1-2. The van der Waals surface area contributed by atoms with Crippen LogP contribution in [0.3, 0.4) is 0 Å². The molecule has 0 saturated heterocycles. The quantitative estimate of drug-likeness (QED) is 0.738. The van der Waals surface area contributed by atoms with Gasteiger partial charge in [-0.25, -0.2) is 4.68 Å². The van der Waals surface area contributed by atoms with E-state index in [2.05, 4.69) is 23.0 Å². The summed E-state index contributed by atoms with van der Waals surface area (Å²) in [5, 5.41) is 8.25. The first-order valence-electron chi connectivity index (χ1n) is 5.58. The average molecular weight is 227 g/mol. The van der Waals surface area contributed by atoms with Gasteiger partial charge in [0, 0.05) is 5.56 Å². The highest BCUT2D eigenvalue weighted by Crippen LogP contribution is 2.33. The molecule has 0 radical (unpaired) electrons. The number of allylic oxidation sites excluding steroid dienone is 1. The summed E-state index contributed by atoms with van der Waals surface area (Å²) in [5.74, 6) is 0.893. The lowest BCUT2D eigenvalue weighted by Gasteiger charge is -2.21. The zero-order valence-corrected chi connectivity index (χ0v) is 9.68. The predicted molar refractivity (Wildman–Crippen MR) is 64.3 cm³/mol. The molecule has 0 bridgehead atoms. The molecule has 2 aromatic rings. The normalized spacial score (nSPS) is 12.5. The van der Waals surface area contributed by atoms with Crippen molar-refractivity contribution in [2.75, 3.05) is 0 Å². The van der Waals surface area contributed by atoms with E-state index in [0.717, 1.165) is 34.8 Å². The highest BCUT2D eigenvalue weighted by molar-refractivity contribution is 5.54. The lowest BCUT2D eigenvalue weighted by Crippen LogP contribution is -2.15. The number of ether oxygens (including phenoxy) is 1.